The molecule has 2 aromatic carbocycles. The van der Waals surface area contributed by atoms with Gasteiger partial charge in [0.05, 0.1) is 19.4 Å². The fraction of sp³-hybridized carbons (Fsp3) is 0.150. The molecule has 0 saturated heterocycles. The van der Waals surface area contributed by atoms with Crippen LogP contribution in [0.25, 0.3) is 0 Å². The molecule has 0 bridgehead atoms. The lowest BCUT2D eigenvalue weighted by Crippen LogP contribution is -2.34. The predicted octanol–water partition coefficient (Wildman–Crippen LogP) is 4.68. The van der Waals surface area contributed by atoms with Crippen molar-refractivity contribution in [1.29, 1.82) is 0 Å². The van der Waals surface area contributed by atoms with E-state index in [0.29, 0.717) is 11.5 Å². The van der Waals surface area contributed by atoms with Gasteiger partial charge in [-0.1, -0.05) is 35.9 Å². The van der Waals surface area contributed by atoms with Gasteiger partial charge in [-0.15, -0.1) is 0 Å². The molecule has 0 aliphatic heterocycles. The van der Waals surface area contributed by atoms with E-state index in [-0.39, 0.29) is 36.2 Å². The molecular weight excluding hydrogens is 357 g/mol. The number of hydrogen-bond donors (Lipinski definition) is 0. The molecule has 6 heteroatoms. The van der Waals surface area contributed by atoms with Crippen molar-refractivity contribution in [2.45, 2.75) is 13.1 Å². The fourth-order valence-electron chi connectivity index (χ4n) is 2.45. The molecular formula is C20H17ClFNO3. The smallest absolute Gasteiger partial charge is 0.261 e. The number of hydrogen-bond acceptors (Lipinski definition) is 3. The van der Waals surface area contributed by atoms with Crippen molar-refractivity contribution in [1.82, 2.24) is 4.90 Å². The highest BCUT2D eigenvalue weighted by molar-refractivity contribution is 6.31. The molecule has 1 amide bonds. The first-order valence-corrected chi connectivity index (χ1v) is 8.42. The Hall–Kier alpha value is -2.79. The van der Waals surface area contributed by atoms with Crippen LogP contribution in [-0.4, -0.2) is 17.4 Å². The van der Waals surface area contributed by atoms with Crippen molar-refractivity contribution in [3.63, 3.8) is 0 Å². The SMILES string of the molecule is O=C(COc1ccccc1)N(Cc1ccco1)Cc1c(F)cccc1Cl. The summed E-state index contributed by atoms with van der Waals surface area (Å²) < 4.78 is 25.0. The first-order valence-electron chi connectivity index (χ1n) is 8.04. The first kappa shape index (κ1) is 18.0. The van der Waals surface area contributed by atoms with Crippen molar-refractivity contribution in [3.8, 4) is 5.75 Å². The van der Waals surface area contributed by atoms with Gasteiger partial charge in [0.1, 0.15) is 17.3 Å². The fourth-order valence-corrected chi connectivity index (χ4v) is 2.67. The van der Waals surface area contributed by atoms with E-state index >= 15 is 0 Å². The van der Waals surface area contributed by atoms with Crippen LogP contribution in [0.3, 0.4) is 0 Å². The first-order chi connectivity index (χ1) is 12.6. The predicted molar refractivity (Wildman–Crippen MR) is 96.3 cm³/mol. The Kier molecular flexibility index (Phi) is 5.92. The van der Waals surface area contributed by atoms with Gasteiger partial charge in [0, 0.05) is 10.6 Å². The van der Waals surface area contributed by atoms with Crippen LogP contribution >= 0.6 is 11.6 Å². The second kappa shape index (κ2) is 8.54. The molecule has 0 radical (unpaired) electrons. The van der Waals surface area contributed by atoms with Gasteiger partial charge in [0.2, 0.25) is 0 Å². The van der Waals surface area contributed by atoms with Crippen LogP contribution in [0, 0.1) is 5.82 Å². The lowest BCUT2D eigenvalue weighted by atomic mass is 10.2. The van der Waals surface area contributed by atoms with Crippen LogP contribution in [-0.2, 0) is 17.9 Å². The number of furan rings is 1. The third-order valence-electron chi connectivity index (χ3n) is 3.80. The minimum absolute atomic E-state index is 0.0171. The maximum absolute atomic E-state index is 14.1. The quantitative estimate of drug-likeness (QED) is 0.604. The third-order valence-corrected chi connectivity index (χ3v) is 4.15. The Balaban J connectivity index is 1.75. The summed E-state index contributed by atoms with van der Waals surface area (Å²) in [5, 5.41) is 0.270. The molecule has 134 valence electrons. The van der Waals surface area contributed by atoms with Crippen LogP contribution in [0.15, 0.2) is 71.3 Å². The Labute approximate surface area is 155 Å². The average Bonchev–Trinajstić information content (AvgIpc) is 3.16. The van der Waals surface area contributed by atoms with Gasteiger partial charge in [-0.25, -0.2) is 4.39 Å². The summed E-state index contributed by atoms with van der Waals surface area (Å²) in [5.74, 6) is 0.413. The molecule has 26 heavy (non-hydrogen) atoms. The zero-order chi connectivity index (χ0) is 18.4. The molecule has 0 atom stereocenters. The maximum Gasteiger partial charge on any atom is 0.261 e. The molecule has 0 aliphatic rings. The third kappa shape index (κ3) is 4.64. The van der Waals surface area contributed by atoms with Crippen molar-refractivity contribution >= 4 is 17.5 Å². The van der Waals surface area contributed by atoms with Crippen molar-refractivity contribution in [3.05, 3.63) is 89.1 Å². The van der Waals surface area contributed by atoms with Crippen LogP contribution in [0.1, 0.15) is 11.3 Å². The summed E-state index contributed by atoms with van der Waals surface area (Å²) in [6.45, 7) is 0.0363. The number of halogens is 2. The minimum atomic E-state index is -0.460. The molecule has 0 fully saturated rings. The zero-order valence-corrected chi connectivity index (χ0v) is 14.7. The molecule has 0 aliphatic carbocycles. The molecule has 4 nitrogen and oxygen atoms in total. The zero-order valence-electron chi connectivity index (χ0n) is 13.9. The topological polar surface area (TPSA) is 42.7 Å². The number of amides is 1. The minimum Gasteiger partial charge on any atom is -0.484 e. The van der Waals surface area contributed by atoms with Crippen molar-refractivity contribution < 1.29 is 18.3 Å². The number of rotatable bonds is 7. The summed E-state index contributed by atoms with van der Waals surface area (Å²) in [6.07, 6.45) is 1.52. The second-order valence-electron chi connectivity index (χ2n) is 5.63. The number of ether oxygens (including phenoxy) is 1. The van der Waals surface area contributed by atoms with Crippen LogP contribution in [0.4, 0.5) is 4.39 Å². The molecule has 3 aromatic rings. The van der Waals surface area contributed by atoms with Gasteiger partial charge in [-0.05, 0) is 36.4 Å². The van der Waals surface area contributed by atoms with E-state index in [1.54, 1.807) is 30.3 Å². The van der Waals surface area contributed by atoms with Crippen molar-refractivity contribution in [2.75, 3.05) is 6.61 Å². The van der Waals surface area contributed by atoms with Gasteiger partial charge in [-0.3, -0.25) is 4.79 Å². The monoisotopic (exact) mass is 373 g/mol. The van der Waals surface area contributed by atoms with Crippen LogP contribution in [0.2, 0.25) is 5.02 Å². The number of carbonyl (C=O) groups excluding carboxylic acids is 1. The molecule has 0 spiro atoms. The van der Waals surface area contributed by atoms with Gasteiger partial charge >= 0.3 is 0 Å². The van der Waals surface area contributed by atoms with E-state index in [0.717, 1.165) is 0 Å². The van der Waals surface area contributed by atoms with E-state index in [4.69, 9.17) is 20.8 Å². The highest BCUT2D eigenvalue weighted by Gasteiger charge is 2.20. The summed E-state index contributed by atoms with van der Waals surface area (Å²) >= 11 is 6.10. The number of para-hydroxylation sites is 1. The Morgan fingerprint density at radius 1 is 1.04 bits per heavy atom. The van der Waals surface area contributed by atoms with Gasteiger partial charge in [0.25, 0.3) is 5.91 Å². The van der Waals surface area contributed by atoms with E-state index in [1.807, 2.05) is 18.2 Å². The molecule has 1 heterocycles. The van der Waals surface area contributed by atoms with Crippen LogP contribution in [0.5, 0.6) is 5.75 Å². The van der Waals surface area contributed by atoms with E-state index in [1.165, 1.54) is 23.3 Å². The van der Waals surface area contributed by atoms with E-state index in [9.17, 15) is 9.18 Å². The Bertz CT molecular complexity index is 833. The van der Waals surface area contributed by atoms with Crippen molar-refractivity contribution in [2.24, 2.45) is 0 Å². The van der Waals surface area contributed by atoms with Gasteiger partial charge < -0.3 is 14.1 Å². The van der Waals surface area contributed by atoms with Gasteiger partial charge in [-0.2, -0.15) is 0 Å². The number of carbonyl (C=O) groups is 1. The lowest BCUT2D eigenvalue weighted by molar-refractivity contribution is -0.134. The highest BCUT2D eigenvalue weighted by Crippen LogP contribution is 2.22. The Morgan fingerprint density at radius 3 is 2.54 bits per heavy atom. The average molecular weight is 374 g/mol. The molecule has 1 aromatic heterocycles. The largest absolute Gasteiger partial charge is 0.484 e. The molecule has 0 unspecified atom stereocenters. The van der Waals surface area contributed by atoms with Gasteiger partial charge in [0.15, 0.2) is 6.61 Å². The number of nitrogens with zero attached hydrogens (tertiary/aromatic N) is 1. The summed E-state index contributed by atoms with van der Waals surface area (Å²) in [4.78, 5) is 14.1. The van der Waals surface area contributed by atoms with Crippen LogP contribution < -0.4 is 4.74 Å². The lowest BCUT2D eigenvalue weighted by Gasteiger charge is -2.23. The summed E-state index contributed by atoms with van der Waals surface area (Å²) in [5.41, 5.74) is 0.258. The molecule has 0 N–H and O–H groups in total. The molecule has 0 saturated carbocycles. The van der Waals surface area contributed by atoms with E-state index in [2.05, 4.69) is 0 Å². The maximum atomic E-state index is 14.1. The normalized spacial score (nSPS) is 10.5. The number of benzene rings is 2. The Morgan fingerprint density at radius 2 is 1.85 bits per heavy atom. The standard InChI is InChI=1S/C20H17ClFNO3/c21-18-9-4-10-19(22)17(18)13-23(12-16-8-5-11-25-16)20(24)14-26-15-6-2-1-3-7-15/h1-11H,12-14H2. The molecule has 3 rings (SSSR count). The summed E-state index contributed by atoms with van der Waals surface area (Å²) in [6, 6.07) is 16.9. The highest BCUT2D eigenvalue weighted by atomic mass is 35.5. The summed E-state index contributed by atoms with van der Waals surface area (Å²) in [7, 11) is 0. The van der Waals surface area contributed by atoms with E-state index < -0.39 is 5.82 Å². The second-order valence-corrected chi connectivity index (χ2v) is 6.04.